The fraction of sp³-hybridized carbons (Fsp3) is 0.0159. The average Bonchev–Trinajstić information content (AvgIpc) is 1.52. The fourth-order valence-electron chi connectivity index (χ4n) is 20.6. The lowest BCUT2D eigenvalue weighted by atomic mass is 9.67. The lowest BCUT2D eigenvalue weighted by Crippen LogP contribution is -2.32. The normalized spacial score (nSPS) is 13.8. The third kappa shape index (κ3) is 15.9. The van der Waals surface area contributed by atoms with Gasteiger partial charge in [0, 0.05) is 114 Å². The van der Waals surface area contributed by atoms with Crippen molar-refractivity contribution in [3.05, 3.63) is 563 Å². The zero-order valence-electron chi connectivity index (χ0n) is 76.5. The van der Waals surface area contributed by atoms with Crippen LogP contribution in [0.2, 0.25) is 0 Å². The molecule has 0 spiro atoms. The predicted octanol–water partition coefficient (Wildman–Crippen LogP) is 36.1. The average molecular weight is 1920 g/mol. The van der Waals surface area contributed by atoms with Gasteiger partial charge in [0.1, 0.15) is 57.4 Å². The second-order valence-corrected chi connectivity index (χ2v) is 35.4. The summed E-state index contributed by atoms with van der Waals surface area (Å²) < 4.78 is 212. The van der Waals surface area contributed by atoms with Crippen LogP contribution in [0.25, 0.3) is 78.6 Å². The highest BCUT2D eigenvalue weighted by Crippen LogP contribution is 2.62. The van der Waals surface area contributed by atoms with Gasteiger partial charge >= 0.3 is 0 Å². The Morgan fingerprint density at radius 3 is 0.731 bits per heavy atom. The second kappa shape index (κ2) is 36.7. The molecule has 0 amide bonds. The maximum absolute atomic E-state index is 17.2. The second-order valence-electron chi connectivity index (χ2n) is 35.4. The molecule has 20 aromatic carbocycles. The van der Waals surface area contributed by atoms with E-state index in [4.69, 9.17) is 13.9 Å². The molecule has 2 aliphatic carbocycles. The summed E-state index contributed by atoms with van der Waals surface area (Å²) >= 11 is 0. The van der Waals surface area contributed by atoms with Crippen LogP contribution in [0.4, 0.5) is 121 Å². The molecule has 0 fully saturated rings. The Labute approximate surface area is 825 Å². The predicted molar refractivity (Wildman–Crippen MR) is 551 cm³/mol. The van der Waals surface area contributed by atoms with Crippen molar-refractivity contribution in [2.75, 3.05) is 19.6 Å². The number of hydrogen-bond donors (Lipinski definition) is 0. The van der Waals surface area contributed by atoms with Crippen molar-refractivity contribution in [1.29, 1.82) is 0 Å². The number of halogens is 12. The van der Waals surface area contributed by atoms with Gasteiger partial charge < -0.3 is 33.5 Å². The van der Waals surface area contributed by atoms with Crippen LogP contribution in [0.3, 0.4) is 0 Å². The molecule has 19 heteroatoms. The molecule has 23 rings (SSSR count). The van der Waals surface area contributed by atoms with Crippen molar-refractivity contribution in [1.82, 2.24) is 0 Å². The van der Waals surface area contributed by atoms with E-state index in [1.165, 1.54) is 48.5 Å². The van der Waals surface area contributed by atoms with Crippen molar-refractivity contribution >= 4 is 102 Å². The maximum atomic E-state index is 17.2. The number of benzene rings is 20. The fourth-order valence-corrected chi connectivity index (χ4v) is 20.6. The monoisotopic (exact) mass is 1920 g/mol. The number of ether oxygens (including phenoxy) is 2. The Bertz CT molecular complexity index is 8080. The number of anilines is 12. The van der Waals surface area contributed by atoms with Gasteiger partial charge in [-0.1, -0.05) is 183 Å². The van der Waals surface area contributed by atoms with Crippen LogP contribution in [0.1, 0.15) is 55.6 Å². The molecule has 0 saturated carbocycles. The van der Waals surface area contributed by atoms with Gasteiger partial charge in [-0.15, -0.1) is 0 Å². The Hall–Kier alpha value is -18.4. The van der Waals surface area contributed by atoms with Crippen LogP contribution < -0.4 is 29.1 Å². The molecular formula is C126H76F12N4O3. The molecule has 0 radical (unpaired) electrons. The summed E-state index contributed by atoms with van der Waals surface area (Å²) in [5.74, 6) is -12.8. The molecule has 0 aliphatic heterocycles. The molecule has 2 aliphatic rings. The summed E-state index contributed by atoms with van der Waals surface area (Å²) in [6, 6.07) is 119. The molecule has 0 N–H and O–H groups in total. The van der Waals surface area contributed by atoms with Crippen LogP contribution in [0.15, 0.2) is 442 Å². The summed E-state index contributed by atoms with van der Waals surface area (Å²) in [5, 5.41) is 1.60. The third-order valence-electron chi connectivity index (χ3n) is 27.3. The van der Waals surface area contributed by atoms with Crippen LogP contribution in [-0.4, -0.2) is 0 Å². The molecule has 145 heavy (non-hydrogen) atoms. The van der Waals surface area contributed by atoms with Gasteiger partial charge in [-0.25, -0.2) is 52.7 Å². The van der Waals surface area contributed by atoms with Crippen molar-refractivity contribution in [3.63, 3.8) is 0 Å². The van der Waals surface area contributed by atoms with Gasteiger partial charge in [-0.3, -0.25) is 0 Å². The van der Waals surface area contributed by atoms with Gasteiger partial charge in [0.15, 0.2) is 46.5 Å². The van der Waals surface area contributed by atoms with Crippen molar-refractivity contribution < 1.29 is 66.6 Å². The van der Waals surface area contributed by atoms with Crippen molar-refractivity contribution in [2.24, 2.45) is 0 Å². The Balaban J connectivity index is 0.544. The zero-order chi connectivity index (χ0) is 99.2. The molecule has 21 aromatic rings. The van der Waals surface area contributed by atoms with Crippen LogP contribution >= 0.6 is 0 Å². The molecule has 1 heterocycles. The molecule has 702 valence electrons. The van der Waals surface area contributed by atoms with Gasteiger partial charge in [-0.05, 0) is 332 Å². The van der Waals surface area contributed by atoms with E-state index in [1.807, 2.05) is 202 Å². The number of fused-ring (bicyclic) bond motifs is 9. The summed E-state index contributed by atoms with van der Waals surface area (Å²) in [7, 11) is 0. The minimum atomic E-state index is -2.03. The Morgan fingerprint density at radius 2 is 0.455 bits per heavy atom. The Kier molecular flexibility index (Phi) is 22.9. The van der Waals surface area contributed by atoms with Gasteiger partial charge in [0.05, 0.1) is 10.8 Å². The topological polar surface area (TPSA) is 44.6 Å². The van der Waals surface area contributed by atoms with Crippen LogP contribution in [0, 0.1) is 69.8 Å². The summed E-state index contributed by atoms with van der Waals surface area (Å²) in [6.07, 6.45) is 3.40. The van der Waals surface area contributed by atoms with E-state index in [0.717, 1.165) is 44.2 Å². The quantitative estimate of drug-likeness (QED) is 0.0441. The van der Waals surface area contributed by atoms with E-state index < -0.39 is 91.8 Å². The van der Waals surface area contributed by atoms with Gasteiger partial charge in [0.2, 0.25) is 0 Å². The van der Waals surface area contributed by atoms with Crippen LogP contribution in [-0.2, 0) is 10.8 Å². The Morgan fingerprint density at radius 1 is 0.221 bits per heavy atom. The number of nitrogens with zero attached hydrogens (tertiary/aromatic N) is 4. The SMILES string of the molecule is C=Cc1ccc(Oc2ccc(C3(c4c(F)c(F)cc(F)c4F)c4ccccc4-c4ccc(N(c5ccc(F)cc5)c5ccc(-c6ccc(N(c7ccc(F)cc7)c7ccc8c(c7)oc7cc(N(c9ccc(F)cc9)c9ccc(-c%10ccc(N(c%11ccc(F)cc%11)c%11ccc%12c(c%11)C(c%11ccc(Oc%13ccc(C=C)cc%13)cc%11)(c%11c(F)c(F)cc(F)c%11F)c%11ccccc%11-%12)cc%10)cc9)ccc78)cc6)cc5)cc43)cc2)cc1. The van der Waals surface area contributed by atoms with Gasteiger partial charge in [-0.2, -0.15) is 0 Å². The van der Waals surface area contributed by atoms with Crippen LogP contribution in [0.5, 0.6) is 23.0 Å². The maximum Gasteiger partial charge on any atom is 0.166 e. The largest absolute Gasteiger partial charge is 0.457 e. The minimum absolute atomic E-state index is 0.200. The summed E-state index contributed by atoms with van der Waals surface area (Å²) in [6.45, 7) is 7.65. The van der Waals surface area contributed by atoms with Crippen molar-refractivity contribution in [3.8, 4) is 67.5 Å². The van der Waals surface area contributed by atoms with E-state index in [2.05, 4.69) is 13.2 Å². The minimum Gasteiger partial charge on any atom is -0.457 e. The number of rotatable bonds is 24. The highest BCUT2D eigenvalue weighted by atomic mass is 19.2. The number of hydrogen-bond acceptors (Lipinski definition) is 7. The molecule has 7 nitrogen and oxygen atoms in total. The van der Waals surface area contributed by atoms with E-state index in [9.17, 15) is 8.78 Å². The van der Waals surface area contributed by atoms with Gasteiger partial charge in [0.25, 0.3) is 0 Å². The number of furan rings is 1. The summed E-state index contributed by atoms with van der Waals surface area (Å²) in [4.78, 5) is 7.67. The molecule has 0 bridgehead atoms. The molecule has 1 aromatic heterocycles. The highest BCUT2D eigenvalue weighted by Gasteiger charge is 2.53. The standard InChI is InChI=1S/C126H76F12N4O3/c1-3-75-13-57-99(58-14-75)143-101-61-25-81(26-62-101)125(119-121(135)113(131)73-114(132)122(119)136)109-11-7-5-9-103(109)105-65-53-95(69-111(105)125)139(91-45-29-83(127)30-46-91)87-37-17-77(18-38-87)79-21-41-89(42-22-79)141(93-49-33-85(129)34-50-93)97-55-67-107-108-68-56-98(72-118(108)145-117(107)71-97)142(94-51-35-86(130)36-52-94)90-43-23-80(24-44-90)78-19-39-88(40-20-78)140(92-47-31-84(128)32-48-92)96-54-66-106-104-10-6-8-12-110(104)126(112(106)70-96,120-123(137)115(133)74-116(134)124(120)138)82-27-63-102(64-28-82)144-100-59-15-76(4-2)16-60-100/h3-74H,1-2H2. The summed E-state index contributed by atoms with van der Waals surface area (Å²) in [5.41, 5.74) is 11.4. The smallest absolute Gasteiger partial charge is 0.166 e. The highest BCUT2D eigenvalue weighted by molar-refractivity contribution is 6.08. The van der Waals surface area contributed by atoms with Crippen molar-refractivity contribution in [2.45, 2.75) is 10.8 Å². The zero-order valence-corrected chi connectivity index (χ0v) is 76.5. The molecule has 0 saturated heterocycles. The first-order valence-electron chi connectivity index (χ1n) is 46.4. The first kappa shape index (κ1) is 90.5. The molecule has 2 unspecified atom stereocenters. The van der Waals surface area contributed by atoms with E-state index in [-0.39, 0.29) is 23.3 Å². The molecular weight excluding hydrogens is 1850 g/mol. The first-order valence-corrected chi connectivity index (χ1v) is 46.4. The molecule has 2 atom stereocenters. The van der Waals surface area contributed by atoms with E-state index in [0.29, 0.717) is 147 Å². The van der Waals surface area contributed by atoms with E-state index >= 15 is 43.9 Å². The lowest BCUT2D eigenvalue weighted by Gasteiger charge is -2.35. The third-order valence-corrected chi connectivity index (χ3v) is 27.3. The first-order chi connectivity index (χ1) is 70.6. The van der Waals surface area contributed by atoms with E-state index in [1.54, 1.807) is 194 Å². The lowest BCUT2D eigenvalue weighted by molar-refractivity contribution is 0.426.